The maximum atomic E-state index is 13.3. The first-order valence-electron chi connectivity index (χ1n) is 7.62. The van der Waals surface area contributed by atoms with Crippen LogP contribution in [0.3, 0.4) is 0 Å². The number of morpholine rings is 1. The summed E-state index contributed by atoms with van der Waals surface area (Å²) < 4.78 is 19.0. The first-order chi connectivity index (χ1) is 11.6. The Labute approximate surface area is 144 Å². The third-order valence-corrected chi connectivity index (χ3v) is 4.13. The fourth-order valence-corrected chi connectivity index (χ4v) is 2.73. The zero-order valence-electron chi connectivity index (χ0n) is 12.9. The molecule has 126 valence electrons. The number of carbonyl (C=O) groups excluding carboxylic acids is 1. The van der Waals surface area contributed by atoms with Crippen molar-refractivity contribution in [3.63, 3.8) is 0 Å². The Morgan fingerprint density at radius 1 is 1.46 bits per heavy atom. The topological polar surface area (TPSA) is 54.5 Å². The maximum absolute atomic E-state index is 13.3. The van der Waals surface area contributed by atoms with E-state index in [2.05, 4.69) is 10.3 Å². The number of hydrogen-bond acceptors (Lipinski definition) is 3. The van der Waals surface area contributed by atoms with Crippen LogP contribution >= 0.6 is 11.6 Å². The van der Waals surface area contributed by atoms with Crippen molar-refractivity contribution in [3.05, 3.63) is 64.7 Å². The smallest absolute Gasteiger partial charge is 0.317 e. The van der Waals surface area contributed by atoms with E-state index < -0.39 is 5.82 Å². The summed E-state index contributed by atoms with van der Waals surface area (Å²) in [6.45, 7) is 1.72. The summed E-state index contributed by atoms with van der Waals surface area (Å²) in [5, 5.41) is 2.92. The van der Waals surface area contributed by atoms with Gasteiger partial charge in [0.1, 0.15) is 11.9 Å². The highest BCUT2D eigenvalue weighted by molar-refractivity contribution is 6.30. The molecule has 0 aliphatic carbocycles. The fraction of sp³-hybridized carbons (Fsp3) is 0.294. The number of aromatic nitrogens is 1. The molecule has 1 aliphatic heterocycles. The monoisotopic (exact) mass is 349 g/mol. The van der Waals surface area contributed by atoms with E-state index >= 15 is 0 Å². The lowest BCUT2D eigenvalue weighted by Gasteiger charge is -2.33. The minimum absolute atomic E-state index is 0.0502. The van der Waals surface area contributed by atoms with Crippen LogP contribution in [-0.4, -0.2) is 35.6 Å². The number of benzene rings is 1. The summed E-state index contributed by atoms with van der Waals surface area (Å²) in [5.74, 6) is -0.470. The van der Waals surface area contributed by atoms with E-state index in [1.807, 2.05) is 12.1 Å². The van der Waals surface area contributed by atoms with Gasteiger partial charge in [-0.1, -0.05) is 23.7 Å². The van der Waals surface area contributed by atoms with Gasteiger partial charge in [-0.2, -0.15) is 0 Å². The summed E-state index contributed by atoms with van der Waals surface area (Å²) in [7, 11) is 0. The van der Waals surface area contributed by atoms with E-state index in [0.717, 1.165) is 11.1 Å². The molecule has 7 heteroatoms. The summed E-state index contributed by atoms with van der Waals surface area (Å²) in [6, 6.07) is 8.03. The molecule has 1 aromatic heterocycles. The second-order valence-electron chi connectivity index (χ2n) is 5.50. The van der Waals surface area contributed by atoms with Gasteiger partial charge < -0.3 is 15.0 Å². The Bertz CT molecular complexity index is 714. The van der Waals surface area contributed by atoms with E-state index in [9.17, 15) is 9.18 Å². The van der Waals surface area contributed by atoms with Crippen molar-refractivity contribution < 1.29 is 13.9 Å². The summed E-state index contributed by atoms with van der Waals surface area (Å²) in [5.41, 5.74) is 1.69. The van der Waals surface area contributed by atoms with Crippen LogP contribution in [0.15, 0.2) is 42.7 Å². The quantitative estimate of drug-likeness (QED) is 0.926. The van der Waals surface area contributed by atoms with Gasteiger partial charge in [-0.05, 0) is 29.3 Å². The van der Waals surface area contributed by atoms with Gasteiger partial charge in [0.2, 0.25) is 0 Å². The minimum Gasteiger partial charge on any atom is -0.370 e. The Hall–Kier alpha value is -2.18. The van der Waals surface area contributed by atoms with Crippen LogP contribution in [0.1, 0.15) is 17.2 Å². The molecule has 0 bridgehead atoms. The molecule has 2 aromatic rings. The highest BCUT2D eigenvalue weighted by atomic mass is 35.5. The third-order valence-electron chi connectivity index (χ3n) is 3.84. The van der Waals surface area contributed by atoms with Crippen LogP contribution in [0, 0.1) is 5.82 Å². The normalized spacial score (nSPS) is 17.6. The van der Waals surface area contributed by atoms with Crippen LogP contribution in [0.4, 0.5) is 9.18 Å². The van der Waals surface area contributed by atoms with Crippen molar-refractivity contribution in [1.29, 1.82) is 0 Å². The molecule has 0 spiro atoms. The average Bonchev–Trinajstić information content (AvgIpc) is 2.63. The van der Waals surface area contributed by atoms with Gasteiger partial charge in [-0.25, -0.2) is 9.18 Å². The van der Waals surface area contributed by atoms with Gasteiger partial charge in [0.05, 0.1) is 18.2 Å². The summed E-state index contributed by atoms with van der Waals surface area (Å²) in [4.78, 5) is 18.0. The minimum atomic E-state index is -0.470. The Morgan fingerprint density at radius 3 is 3.08 bits per heavy atom. The van der Waals surface area contributed by atoms with Crippen LogP contribution in [0.25, 0.3) is 0 Å². The fourth-order valence-electron chi connectivity index (χ4n) is 2.54. The van der Waals surface area contributed by atoms with Gasteiger partial charge in [-0.3, -0.25) is 4.98 Å². The number of nitrogens with zero attached hydrogens (tertiary/aromatic N) is 2. The molecule has 1 aromatic carbocycles. The van der Waals surface area contributed by atoms with Crippen LogP contribution in [0.5, 0.6) is 0 Å². The molecule has 2 heterocycles. The van der Waals surface area contributed by atoms with Crippen LogP contribution in [0.2, 0.25) is 5.02 Å². The first kappa shape index (κ1) is 16.7. The van der Waals surface area contributed by atoms with Crippen molar-refractivity contribution in [2.75, 3.05) is 19.7 Å². The SMILES string of the molecule is O=C(NCc1cccnc1)N1CCO[C@H](c2ccc(F)c(Cl)c2)C1. The molecule has 3 rings (SSSR count). The van der Waals surface area contributed by atoms with Crippen molar-refractivity contribution in [1.82, 2.24) is 15.2 Å². The Balaban J connectivity index is 1.60. The van der Waals surface area contributed by atoms with E-state index in [0.29, 0.717) is 26.2 Å². The second-order valence-corrected chi connectivity index (χ2v) is 5.91. The predicted octanol–water partition coefficient (Wildman–Crippen LogP) is 3.16. The van der Waals surface area contributed by atoms with Gasteiger partial charge in [0, 0.05) is 25.5 Å². The largest absolute Gasteiger partial charge is 0.370 e. The lowest BCUT2D eigenvalue weighted by molar-refractivity contribution is -0.0155. The molecule has 0 radical (unpaired) electrons. The first-order valence-corrected chi connectivity index (χ1v) is 7.99. The molecular formula is C17H17ClFN3O2. The molecule has 2 amide bonds. The van der Waals surface area contributed by atoms with E-state index in [-0.39, 0.29) is 17.2 Å². The number of amides is 2. The van der Waals surface area contributed by atoms with Gasteiger partial charge in [0.25, 0.3) is 0 Å². The lowest BCUT2D eigenvalue weighted by Crippen LogP contribution is -2.46. The summed E-state index contributed by atoms with van der Waals surface area (Å²) >= 11 is 5.82. The molecule has 1 aliphatic rings. The number of nitrogens with one attached hydrogen (secondary N) is 1. The number of carbonyl (C=O) groups is 1. The molecule has 1 saturated heterocycles. The van der Waals surface area contributed by atoms with E-state index in [1.54, 1.807) is 29.4 Å². The molecule has 24 heavy (non-hydrogen) atoms. The molecule has 0 saturated carbocycles. The number of halogens is 2. The lowest BCUT2D eigenvalue weighted by atomic mass is 10.1. The zero-order chi connectivity index (χ0) is 16.9. The molecule has 1 atom stereocenters. The average molecular weight is 350 g/mol. The van der Waals surface area contributed by atoms with Gasteiger partial charge in [0.15, 0.2) is 0 Å². The van der Waals surface area contributed by atoms with E-state index in [4.69, 9.17) is 16.3 Å². The predicted molar refractivity (Wildman–Crippen MR) is 88.1 cm³/mol. The Morgan fingerprint density at radius 2 is 2.33 bits per heavy atom. The van der Waals surface area contributed by atoms with E-state index in [1.165, 1.54) is 6.07 Å². The molecule has 5 nitrogen and oxygen atoms in total. The molecule has 1 N–H and O–H groups in total. The number of hydrogen-bond donors (Lipinski definition) is 1. The van der Waals surface area contributed by atoms with Crippen LogP contribution < -0.4 is 5.32 Å². The zero-order valence-corrected chi connectivity index (χ0v) is 13.7. The molecule has 1 fully saturated rings. The highest BCUT2D eigenvalue weighted by Crippen LogP contribution is 2.26. The van der Waals surface area contributed by atoms with Crippen molar-refractivity contribution in [3.8, 4) is 0 Å². The summed E-state index contributed by atoms with van der Waals surface area (Å²) in [6.07, 6.45) is 3.08. The highest BCUT2D eigenvalue weighted by Gasteiger charge is 2.25. The van der Waals surface area contributed by atoms with Crippen molar-refractivity contribution in [2.45, 2.75) is 12.6 Å². The van der Waals surface area contributed by atoms with Crippen molar-refractivity contribution in [2.24, 2.45) is 0 Å². The standard InChI is InChI=1S/C17H17ClFN3O2/c18-14-8-13(3-4-15(14)19)16-11-22(6-7-24-16)17(23)21-10-12-2-1-5-20-9-12/h1-5,8-9,16H,6-7,10-11H2,(H,21,23)/t16-/m0/s1. The second kappa shape index (κ2) is 7.59. The van der Waals surface area contributed by atoms with Crippen molar-refractivity contribution >= 4 is 17.6 Å². The third kappa shape index (κ3) is 4.01. The number of rotatable bonds is 3. The number of pyridine rings is 1. The Kier molecular flexibility index (Phi) is 5.27. The maximum Gasteiger partial charge on any atom is 0.317 e. The van der Waals surface area contributed by atoms with Gasteiger partial charge >= 0.3 is 6.03 Å². The molecular weight excluding hydrogens is 333 g/mol. The van der Waals surface area contributed by atoms with Gasteiger partial charge in [-0.15, -0.1) is 0 Å². The number of ether oxygens (including phenoxy) is 1. The van der Waals surface area contributed by atoms with Crippen LogP contribution in [-0.2, 0) is 11.3 Å². The number of urea groups is 1. The molecule has 0 unspecified atom stereocenters.